The molecule has 1 aliphatic heterocycles. The van der Waals surface area contributed by atoms with Crippen molar-refractivity contribution in [2.75, 3.05) is 37.7 Å². The van der Waals surface area contributed by atoms with Gasteiger partial charge in [0.05, 0.1) is 18.2 Å². The van der Waals surface area contributed by atoms with Crippen LogP contribution in [0.2, 0.25) is 0 Å². The van der Waals surface area contributed by atoms with Crippen molar-refractivity contribution in [3.8, 4) is 5.75 Å². The van der Waals surface area contributed by atoms with Gasteiger partial charge in [-0.2, -0.15) is 0 Å². The van der Waals surface area contributed by atoms with Gasteiger partial charge < -0.3 is 25.0 Å². The molecule has 2 N–H and O–H groups in total. The first-order valence-corrected chi connectivity index (χ1v) is 11.4. The van der Waals surface area contributed by atoms with Gasteiger partial charge in [-0.1, -0.05) is 12.1 Å². The number of aliphatic imine (C=N–C) groups is 1. The number of hydrogen-bond acceptors (Lipinski definition) is 5. The summed E-state index contributed by atoms with van der Waals surface area (Å²) in [5.41, 5.74) is 0.825. The largest absolute Gasteiger partial charge is 0.482 e. The van der Waals surface area contributed by atoms with E-state index in [2.05, 4.69) is 10.6 Å². The number of fused-ring (bicyclic) bond motifs is 1. The first-order valence-electron chi connectivity index (χ1n) is 11.4. The monoisotopic (exact) mass is 430 g/mol. The highest BCUT2D eigenvalue weighted by Gasteiger charge is 2.28. The van der Waals surface area contributed by atoms with E-state index in [0.717, 1.165) is 56.0 Å². The molecule has 0 unspecified atom stereocenters. The van der Waals surface area contributed by atoms with Gasteiger partial charge in [-0.05, 0) is 58.1 Å². The number of amides is 1. The maximum atomic E-state index is 12.3. The van der Waals surface area contributed by atoms with Crippen LogP contribution in [0.4, 0.5) is 5.69 Å². The zero-order chi connectivity index (χ0) is 22.1. The first kappa shape index (κ1) is 22.9. The van der Waals surface area contributed by atoms with Gasteiger partial charge in [0.15, 0.2) is 12.6 Å². The van der Waals surface area contributed by atoms with Crippen LogP contribution in [-0.2, 0) is 14.3 Å². The predicted octanol–water partition coefficient (Wildman–Crippen LogP) is 2.48. The lowest BCUT2D eigenvalue weighted by molar-refractivity contribution is -0.149. The van der Waals surface area contributed by atoms with Gasteiger partial charge in [0.25, 0.3) is 5.91 Å². The molecule has 1 fully saturated rings. The van der Waals surface area contributed by atoms with E-state index < -0.39 is 0 Å². The van der Waals surface area contributed by atoms with Crippen molar-refractivity contribution in [3.63, 3.8) is 0 Å². The van der Waals surface area contributed by atoms with Crippen molar-refractivity contribution in [2.24, 2.45) is 10.9 Å². The highest BCUT2D eigenvalue weighted by atomic mass is 16.5. The zero-order valence-electron chi connectivity index (χ0n) is 18.6. The number of nitrogens with one attached hydrogen (secondary N) is 2. The van der Waals surface area contributed by atoms with Gasteiger partial charge in [-0.15, -0.1) is 0 Å². The third-order valence-electron chi connectivity index (χ3n) is 5.65. The summed E-state index contributed by atoms with van der Waals surface area (Å²) in [6, 6.07) is 7.92. The van der Waals surface area contributed by atoms with Crippen molar-refractivity contribution >= 4 is 23.5 Å². The molecule has 31 heavy (non-hydrogen) atoms. The number of carbonyl (C=O) groups excluding carboxylic acids is 2. The smallest absolute Gasteiger partial charge is 0.308 e. The van der Waals surface area contributed by atoms with E-state index in [1.54, 1.807) is 4.90 Å². The fraction of sp³-hybridized carbons (Fsp3) is 0.609. The molecule has 0 bridgehead atoms. The molecular weight excluding hydrogens is 396 g/mol. The lowest BCUT2D eigenvalue weighted by atomic mass is 9.86. The van der Waals surface area contributed by atoms with Gasteiger partial charge in [-0.25, -0.2) is 0 Å². The van der Waals surface area contributed by atoms with E-state index in [4.69, 9.17) is 14.5 Å². The average molecular weight is 431 g/mol. The van der Waals surface area contributed by atoms with Gasteiger partial charge in [-0.3, -0.25) is 14.6 Å². The summed E-state index contributed by atoms with van der Waals surface area (Å²) in [6.45, 7) is 6.40. The highest BCUT2D eigenvalue weighted by molar-refractivity contribution is 5.97. The second-order valence-electron chi connectivity index (χ2n) is 7.86. The molecule has 0 spiro atoms. The van der Waals surface area contributed by atoms with Gasteiger partial charge in [0, 0.05) is 25.7 Å². The molecule has 1 heterocycles. The lowest BCUT2D eigenvalue weighted by Gasteiger charge is -2.29. The third kappa shape index (κ3) is 6.35. The van der Waals surface area contributed by atoms with Crippen LogP contribution < -0.4 is 20.3 Å². The topological polar surface area (TPSA) is 92.3 Å². The van der Waals surface area contributed by atoms with Crippen molar-refractivity contribution in [1.29, 1.82) is 0 Å². The van der Waals surface area contributed by atoms with Crippen LogP contribution in [0.1, 0.15) is 46.0 Å². The summed E-state index contributed by atoms with van der Waals surface area (Å²) in [5.74, 6) is 1.47. The fourth-order valence-corrected chi connectivity index (χ4v) is 4.07. The van der Waals surface area contributed by atoms with E-state index in [1.165, 1.54) is 0 Å². The minimum absolute atomic E-state index is 0.0199. The molecule has 0 saturated heterocycles. The summed E-state index contributed by atoms with van der Waals surface area (Å²) in [6.07, 6.45) is 4.29. The van der Waals surface area contributed by atoms with Crippen LogP contribution >= 0.6 is 0 Å². The molecule has 1 aromatic carbocycles. The molecular formula is C23H34N4O4. The molecule has 1 aromatic rings. The Morgan fingerprint density at radius 2 is 2.00 bits per heavy atom. The molecule has 0 atom stereocenters. The molecule has 170 valence electrons. The maximum Gasteiger partial charge on any atom is 0.308 e. The number of benzene rings is 1. The van der Waals surface area contributed by atoms with E-state index in [9.17, 15) is 9.59 Å². The molecule has 8 nitrogen and oxygen atoms in total. The highest BCUT2D eigenvalue weighted by Crippen LogP contribution is 2.31. The Bertz CT molecular complexity index is 775. The van der Waals surface area contributed by atoms with Crippen LogP contribution in [0.15, 0.2) is 29.3 Å². The van der Waals surface area contributed by atoms with E-state index in [0.29, 0.717) is 25.7 Å². The molecule has 2 aliphatic rings. The van der Waals surface area contributed by atoms with Crippen molar-refractivity contribution < 1.29 is 19.1 Å². The van der Waals surface area contributed by atoms with Crippen molar-refractivity contribution in [2.45, 2.75) is 52.0 Å². The summed E-state index contributed by atoms with van der Waals surface area (Å²) in [4.78, 5) is 30.7. The lowest BCUT2D eigenvalue weighted by Crippen LogP contribution is -2.45. The Morgan fingerprint density at radius 3 is 2.74 bits per heavy atom. The van der Waals surface area contributed by atoms with Gasteiger partial charge in [0.1, 0.15) is 5.75 Å². The molecule has 8 heteroatoms. The third-order valence-corrected chi connectivity index (χ3v) is 5.65. The number of anilines is 1. The van der Waals surface area contributed by atoms with E-state index >= 15 is 0 Å². The average Bonchev–Trinajstić information content (AvgIpc) is 2.78. The van der Waals surface area contributed by atoms with Crippen LogP contribution in [0.5, 0.6) is 5.75 Å². The SMILES string of the molecule is CCNC(=NCCCN1C(=O)COc2ccccc21)NC1CCC(C(=O)OCC)CC1. The number of nitrogens with zero attached hydrogens (tertiary/aromatic N) is 2. The number of rotatable bonds is 8. The Morgan fingerprint density at radius 1 is 1.23 bits per heavy atom. The molecule has 0 radical (unpaired) electrons. The standard InChI is InChI=1S/C23H34N4O4/c1-3-24-23(26-18-12-10-17(11-13-18)22(29)30-4-2)25-14-7-15-27-19-8-5-6-9-20(19)31-16-21(27)28/h5-6,8-9,17-18H,3-4,7,10-16H2,1-2H3,(H2,24,25,26). The second-order valence-corrected chi connectivity index (χ2v) is 7.86. The van der Waals surface area contributed by atoms with Crippen LogP contribution in [0.3, 0.4) is 0 Å². The first-order chi connectivity index (χ1) is 15.1. The normalized spacial score (nSPS) is 21.2. The number of esters is 1. The number of guanidine groups is 1. The Hall–Kier alpha value is -2.77. The maximum absolute atomic E-state index is 12.3. The Labute approximate surface area is 184 Å². The van der Waals surface area contributed by atoms with E-state index in [-0.39, 0.29) is 24.4 Å². The predicted molar refractivity (Wildman–Crippen MR) is 120 cm³/mol. The Kier molecular flexibility index (Phi) is 8.55. The molecule has 3 rings (SSSR count). The summed E-state index contributed by atoms with van der Waals surface area (Å²) in [5, 5.41) is 6.79. The zero-order valence-corrected chi connectivity index (χ0v) is 18.6. The molecule has 1 saturated carbocycles. The molecule has 0 aromatic heterocycles. The number of hydrogen-bond donors (Lipinski definition) is 2. The Balaban J connectivity index is 1.47. The second kappa shape index (κ2) is 11.6. The summed E-state index contributed by atoms with van der Waals surface area (Å²) >= 11 is 0. The van der Waals surface area contributed by atoms with Gasteiger partial charge in [0.2, 0.25) is 0 Å². The van der Waals surface area contributed by atoms with Crippen LogP contribution in [0.25, 0.3) is 0 Å². The number of carbonyl (C=O) groups is 2. The quantitative estimate of drug-likeness (QED) is 0.285. The number of ether oxygens (including phenoxy) is 2. The van der Waals surface area contributed by atoms with Gasteiger partial charge >= 0.3 is 5.97 Å². The van der Waals surface area contributed by atoms with E-state index in [1.807, 2.05) is 38.1 Å². The van der Waals surface area contributed by atoms with Crippen LogP contribution in [-0.4, -0.2) is 56.7 Å². The summed E-state index contributed by atoms with van der Waals surface area (Å²) < 4.78 is 10.6. The molecule has 1 amide bonds. The number of para-hydroxylation sites is 2. The van der Waals surface area contributed by atoms with Crippen molar-refractivity contribution in [1.82, 2.24) is 10.6 Å². The summed E-state index contributed by atoms with van der Waals surface area (Å²) in [7, 11) is 0. The molecule has 1 aliphatic carbocycles. The van der Waals surface area contributed by atoms with Crippen LogP contribution in [0, 0.1) is 5.92 Å². The minimum atomic E-state index is -0.0687. The fourth-order valence-electron chi connectivity index (χ4n) is 4.07. The van der Waals surface area contributed by atoms with Crippen molar-refractivity contribution in [3.05, 3.63) is 24.3 Å². The minimum Gasteiger partial charge on any atom is -0.482 e.